The van der Waals surface area contributed by atoms with Crippen molar-refractivity contribution < 1.29 is 14.4 Å². The fourth-order valence-corrected chi connectivity index (χ4v) is 4.66. The predicted molar refractivity (Wildman–Crippen MR) is 115 cm³/mol. The molecule has 1 aliphatic heterocycles. The SMILES string of the molecule is O=[N+]([O-])c1ccc(-c2cn3c(n2)sc2cccc(OCCN4CCOCC4)c23)cc1. The van der Waals surface area contributed by atoms with Gasteiger partial charge in [-0.3, -0.25) is 19.4 Å². The third kappa shape index (κ3) is 3.62. The van der Waals surface area contributed by atoms with Gasteiger partial charge in [-0.1, -0.05) is 17.4 Å². The van der Waals surface area contributed by atoms with E-state index in [1.54, 1.807) is 23.5 Å². The maximum Gasteiger partial charge on any atom is 0.269 e. The lowest BCUT2D eigenvalue weighted by molar-refractivity contribution is -0.384. The Hall–Kier alpha value is -3.01. The second kappa shape index (κ2) is 8.02. The van der Waals surface area contributed by atoms with E-state index in [1.165, 1.54) is 12.1 Å². The first-order valence-corrected chi connectivity index (χ1v) is 10.6. The average Bonchev–Trinajstić information content (AvgIpc) is 3.33. The molecule has 0 bridgehead atoms. The first kappa shape index (κ1) is 19.0. The van der Waals surface area contributed by atoms with Gasteiger partial charge in [-0.2, -0.15) is 0 Å². The molecule has 1 saturated heterocycles. The Morgan fingerprint density at radius 2 is 1.97 bits per heavy atom. The summed E-state index contributed by atoms with van der Waals surface area (Å²) in [6.07, 6.45) is 1.96. The van der Waals surface area contributed by atoms with Crippen LogP contribution >= 0.6 is 11.3 Å². The highest BCUT2D eigenvalue weighted by molar-refractivity contribution is 7.23. The standard InChI is InChI=1S/C21H20N4O4S/c26-25(27)16-6-4-15(5-7-16)17-14-24-20-18(2-1-3-19(20)30-21(24)22-17)29-13-10-23-8-11-28-12-9-23/h1-7,14H,8-13H2. The van der Waals surface area contributed by atoms with Crippen LogP contribution < -0.4 is 4.74 Å². The van der Waals surface area contributed by atoms with E-state index in [4.69, 9.17) is 14.5 Å². The number of hydrogen-bond acceptors (Lipinski definition) is 7. The first-order valence-electron chi connectivity index (χ1n) is 9.77. The molecule has 0 saturated carbocycles. The lowest BCUT2D eigenvalue weighted by atomic mass is 10.1. The molecular formula is C21H20N4O4S. The molecule has 2 aromatic carbocycles. The summed E-state index contributed by atoms with van der Waals surface area (Å²) < 4.78 is 14.7. The molecule has 1 aliphatic rings. The van der Waals surface area contributed by atoms with Gasteiger partial charge in [0.05, 0.1) is 28.5 Å². The van der Waals surface area contributed by atoms with Crippen LogP contribution in [0.15, 0.2) is 48.7 Å². The number of nitro benzene ring substituents is 1. The van der Waals surface area contributed by atoms with Gasteiger partial charge in [0.1, 0.15) is 17.9 Å². The van der Waals surface area contributed by atoms with Gasteiger partial charge in [-0.15, -0.1) is 0 Å². The molecule has 2 aromatic heterocycles. The number of morpholine rings is 1. The van der Waals surface area contributed by atoms with E-state index in [0.29, 0.717) is 6.61 Å². The normalized spacial score (nSPS) is 15.1. The van der Waals surface area contributed by atoms with Gasteiger partial charge < -0.3 is 9.47 Å². The van der Waals surface area contributed by atoms with Gasteiger partial charge in [0, 0.05) is 43.5 Å². The average molecular weight is 424 g/mol. The molecular weight excluding hydrogens is 404 g/mol. The minimum atomic E-state index is -0.399. The lowest BCUT2D eigenvalue weighted by Crippen LogP contribution is -2.38. The van der Waals surface area contributed by atoms with Crippen LogP contribution in [0, 0.1) is 10.1 Å². The summed E-state index contributed by atoms with van der Waals surface area (Å²) >= 11 is 1.60. The molecule has 3 heterocycles. The number of nitro groups is 1. The number of ether oxygens (including phenoxy) is 2. The summed E-state index contributed by atoms with van der Waals surface area (Å²) in [5.41, 5.74) is 2.69. The van der Waals surface area contributed by atoms with Crippen molar-refractivity contribution in [3.63, 3.8) is 0 Å². The van der Waals surface area contributed by atoms with Gasteiger partial charge in [0.2, 0.25) is 0 Å². The van der Waals surface area contributed by atoms with Crippen molar-refractivity contribution in [2.45, 2.75) is 0 Å². The maximum atomic E-state index is 10.9. The smallest absolute Gasteiger partial charge is 0.269 e. The Labute approximate surface area is 176 Å². The summed E-state index contributed by atoms with van der Waals surface area (Å²) in [6.45, 7) is 4.92. The van der Waals surface area contributed by atoms with Gasteiger partial charge in [-0.25, -0.2) is 4.98 Å². The Morgan fingerprint density at radius 3 is 2.73 bits per heavy atom. The van der Waals surface area contributed by atoms with Crippen molar-refractivity contribution in [3.8, 4) is 17.0 Å². The van der Waals surface area contributed by atoms with Crippen molar-refractivity contribution >= 4 is 32.2 Å². The second-order valence-corrected chi connectivity index (χ2v) is 8.10. The van der Waals surface area contributed by atoms with Gasteiger partial charge in [0.15, 0.2) is 4.96 Å². The summed E-state index contributed by atoms with van der Waals surface area (Å²) in [4.78, 5) is 18.4. The number of benzene rings is 2. The van der Waals surface area contributed by atoms with Crippen molar-refractivity contribution in [1.82, 2.24) is 14.3 Å². The summed E-state index contributed by atoms with van der Waals surface area (Å²) in [6, 6.07) is 12.5. The quantitative estimate of drug-likeness (QED) is 0.346. The van der Waals surface area contributed by atoms with Gasteiger partial charge in [0.25, 0.3) is 5.69 Å². The number of thiazole rings is 1. The van der Waals surface area contributed by atoms with E-state index < -0.39 is 4.92 Å². The monoisotopic (exact) mass is 424 g/mol. The fourth-order valence-electron chi connectivity index (χ4n) is 3.63. The summed E-state index contributed by atoms with van der Waals surface area (Å²) in [5, 5.41) is 10.9. The highest BCUT2D eigenvalue weighted by Gasteiger charge is 2.16. The van der Waals surface area contributed by atoms with Crippen LogP contribution in [0.5, 0.6) is 5.75 Å². The number of rotatable bonds is 6. The van der Waals surface area contributed by atoms with Crippen molar-refractivity contribution in [2.75, 3.05) is 39.5 Å². The third-order valence-corrected chi connectivity index (χ3v) is 6.24. The topological polar surface area (TPSA) is 82.1 Å². The van der Waals surface area contributed by atoms with Gasteiger partial charge >= 0.3 is 0 Å². The Bertz CT molecular complexity index is 1200. The number of nitrogens with zero attached hydrogens (tertiary/aromatic N) is 4. The molecule has 0 spiro atoms. The van der Waals surface area contributed by atoms with Crippen molar-refractivity contribution in [2.24, 2.45) is 0 Å². The molecule has 154 valence electrons. The third-order valence-electron chi connectivity index (χ3n) is 5.22. The summed E-state index contributed by atoms with van der Waals surface area (Å²) in [5.74, 6) is 0.833. The van der Waals surface area contributed by atoms with E-state index in [-0.39, 0.29) is 5.69 Å². The molecule has 8 nitrogen and oxygen atoms in total. The Morgan fingerprint density at radius 1 is 1.17 bits per heavy atom. The van der Waals surface area contributed by atoms with Crippen molar-refractivity contribution in [3.05, 3.63) is 58.8 Å². The molecule has 9 heteroatoms. The number of fused-ring (bicyclic) bond motifs is 3. The fraction of sp³-hybridized carbons (Fsp3) is 0.286. The molecule has 4 aromatic rings. The predicted octanol–water partition coefficient (Wildman–Crippen LogP) is 3.84. The van der Waals surface area contributed by atoms with Crippen LogP contribution in [0.4, 0.5) is 5.69 Å². The van der Waals surface area contributed by atoms with E-state index in [1.807, 2.05) is 22.7 Å². The van der Waals surface area contributed by atoms with Gasteiger partial charge in [-0.05, 0) is 24.3 Å². The number of non-ortho nitro benzene ring substituents is 1. The molecule has 0 atom stereocenters. The van der Waals surface area contributed by atoms with Crippen LogP contribution in [0.25, 0.3) is 26.4 Å². The van der Waals surface area contributed by atoms with Crippen LogP contribution in [-0.4, -0.2) is 58.7 Å². The van der Waals surface area contributed by atoms with Crippen LogP contribution in [0.2, 0.25) is 0 Å². The summed E-state index contributed by atoms with van der Waals surface area (Å²) in [7, 11) is 0. The van der Waals surface area contributed by atoms with E-state index >= 15 is 0 Å². The molecule has 0 amide bonds. The highest BCUT2D eigenvalue weighted by Crippen LogP contribution is 2.35. The number of hydrogen-bond donors (Lipinski definition) is 0. The molecule has 0 N–H and O–H groups in total. The van der Waals surface area contributed by atoms with Crippen molar-refractivity contribution in [1.29, 1.82) is 0 Å². The minimum absolute atomic E-state index is 0.0705. The van der Waals surface area contributed by atoms with E-state index in [0.717, 1.165) is 65.0 Å². The lowest BCUT2D eigenvalue weighted by Gasteiger charge is -2.26. The zero-order chi connectivity index (χ0) is 20.5. The zero-order valence-electron chi connectivity index (χ0n) is 16.2. The number of aromatic nitrogens is 2. The largest absolute Gasteiger partial charge is 0.490 e. The first-order chi connectivity index (χ1) is 14.7. The second-order valence-electron chi connectivity index (χ2n) is 7.09. The van der Waals surface area contributed by atoms with Crippen LogP contribution in [0.1, 0.15) is 0 Å². The molecule has 0 radical (unpaired) electrons. The number of para-hydroxylation sites is 1. The van der Waals surface area contributed by atoms with E-state index in [2.05, 4.69) is 11.0 Å². The highest BCUT2D eigenvalue weighted by atomic mass is 32.1. The molecule has 0 unspecified atom stereocenters. The molecule has 5 rings (SSSR count). The Kier molecular flexibility index (Phi) is 5.07. The molecule has 1 fully saturated rings. The minimum Gasteiger partial charge on any atom is -0.490 e. The Balaban J connectivity index is 1.42. The number of imidazole rings is 1. The molecule has 0 aliphatic carbocycles. The van der Waals surface area contributed by atoms with Crippen LogP contribution in [-0.2, 0) is 4.74 Å². The molecule has 30 heavy (non-hydrogen) atoms. The van der Waals surface area contributed by atoms with Crippen LogP contribution in [0.3, 0.4) is 0 Å². The maximum absolute atomic E-state index is 10.9. The van der Waals surface area contributed by atoms with E-state index in [9.17, 15) is 10.1 Å². The zero-order valence-corrected chi connectivity index (χ0v) is 17.0.